The minimum atomic E-state index is -0.0681. The molecule has 2 aliphatic heterocycles. The summed E-state index contributed by atoms with van der Waals surface area (Å²) in [6.45, 7) is 10.5. The van der Waals surface area contributed by atoms with Gasteiger partial charge in [-0.25, -0.2) is 15.0 Å². The van der Waals surface area contributed by atoms with Crippen LogP contribution in [0.15, 0.2) is 43.1 Å². The molecular formula is C30H39N7O4. The molecule has 0 radical (unpaired) electrons. The van der Waals surface area contributed by atoms with E-state index < -0.39 is 0 Å². The lowest BCUT2D eigenvalue weighted by Crippen LogP contribution is -2.45. The smallest absolute Gasteiger partial charge is 0.223 e. The Labute approximate surface area is 240 Å². The molecule has 0 amide bonds. The lowest BCUT2D eigenvalue weighted by molar-refractivity contribution is -0.115. The number of aromatic nitrogens is 3. The second-order valence-electron chi connectivity index (χ2n) is 10.6. The predicted octanol–water partition coefficient (Wildman–Crippen LogP) is 2.94. The van der Waals surface area contributed by atoms with Crippen LogP contribution in [0, 0.1) is 5.92 Å². The molecular weight excluding hydrogens is 522 g/mol. The Hall–Kier alpha value is -3.80. The number of nitrogens with zero attached hydrogens (tertiary/aromatic N) is 5. The molecule has 218 valence electrons. The average molecular weight is 562 g/mol. The number of likely N-dealkylation sites (N-methyl/N-ethyl adjacent to an activating group) is 1. The normalized spacial score (nSPS) is 19.7. The third-order valence-electron chi connectivity index (χ3n) is 7.73. The van der Waals surface area contributed by atoms with Crippen molar-refractivity contribution in [3.63, 3.8) is 0 Å². The maximum atomic E-state index is 12.0. The number of ether oxygens (including phenoxy) is 3. The first-order valence-corrected chi connectivity index (χ1v) is 14.0. The summed E-state index contributed by atoms with van der Waals surface area (Å²) < 4.78 is 16.6. The first kappa shape index (κ1) is 28.7. The van der Waals surface area contributed by atoms with E-state index >= 15 is 0 Å². The molecule has 3 aromatic rings. The lowest BCUT2D eigenvalue weighted by Gasteiger charge is -2.32. The van der Waals surface area contributed by atoms with Crippen LogP contribution in [0.2, 0.25) is 0 Å². The van der Waals surface area contributed by atoms with Crippen LogP contribution in [0.3, 0.4) is 0 Å². The number of hydrogen-bond acceptors (Lipinski definition) is 11. The van der Waals surface area contributed by atoms with Crippen LogP contribution < -0.4 is 20.1 Å². The van der Waals surface area contributed by atoms with E-state index in [9.17, 15) is 4.79 Å². The van der Waals surface area contributed by atoms with Crippen LogP contribution in [0.5, 0.6) is 11.5 Å². The number of hydrogen-bond donors (Lipinski definition) is 2. The van der Waals surface area contributed by atoms with Crippen molar-refractivity contribution in [1.29, 1.82) is 0 Å². The summed E-state index contributed by atoms with van der Waals surface area (Å²) in [7, 11) is 5.42. The number of carbonyl (C=O) groups excluding carboxylic acids is 1. The van der Waals surface area contributed by atoms with Gasteiger partial charge in [0.1, 0.15) is 17.0 Å². The van der Waals surface area contributed by atoms with Crippen LogP contribution in [-0.2, 0) is 9.53 Å². The van der Waals surface area contributed by atoms with Crippen molar-refractivity contribution in [1.82, 2.24) is 24.8 Å². The molecule has 2 saturated heterocycles. The van der Waals surface area contributed by atoms with Crippen LogP contribution >= 0.6 is 0 Å². The molecule has 11 heteroatoms. The van der Waals surface area contributed by atoms with Crippen molar-refractivity contribution < 1.29 is 19.0 Å². The molecule has 2 fully saturated rings. The lowest BCUT2D eigenvalue weighted by atomic mass is 9.97. The van der Waals surface area contributed by atoms with Crippen molar-refractivity contribution in [3.05, 3.63) is 43.1 Å². The number of fused-ring (bicyclic) bond motifs is 1. The standard InChI is InChI=1S/C30H39N7O4/c1-5-23(38)12-22-18-41-19-27(22)34-30-32-17-21-15-26(20-13-24(39-3)16-25(14-20)40-4)33-29(28(21)35-30)31-6-7-37-10-8-36(2)9-11-37/h5,13-17,22,27H,1,6-12,18-19H2,2-4H3,(H,31,33)(H,32,34,35)/t22-,27+/m0/s1. The first-order valence-electron chi connectivity index (χ1n) is 14.0. The van der Waals surface area contributed by atoms with Gasteiger partial charge in [0, 0.05) is 74.8 Å². The van der Waals surface area contributed by atoms with Gasteiger partial charge in [0.2, 0.25) is 5.95 Å². The fourth-order valence-corrected chi connectivity index (χ4v) is 5.21. The molecule has 4 heterocycles. The highest BCUT2D eigenvalue weighted by molar-refractivity contribution is 5.92. The van der Waals surface area contributed by atoms with Gasteiger partial charge in [0.25, 0.3) is 0 Å². The van der Waals surface area contributed by atoms with Crippen LogP contribution in [0.4, 0.5) is 11.8 Å². The Bertz CT molecular complexity index is 1350. The van der Waals surface area contributed by atoms with Gasteiger partial charge in [-0.2, -0.15) is 0 Å². The Morgan fingerprint density at radius 2 is 1.85 bits per heavy atom. The monoisotopic (exact) mass is 561 g/mol. The highest BCUT2D eigenvalue weighted by Gasteiger charge is 2.30. The number of methoxy groups -OCH3 is 2. The number of rotatable bonds is 12. The number of ketones is 1. The number of pyridine rings is 1. The van der Waals surface area contributed by atoms with Gasteiger partial charge < -0.3 is 29.7 Å². The Balaban J connectivity index is 1.43. The maximum absolute atomic E-state index is 12.0. The second-order valence-corrected chi connectivity index (χ2v) is 10.6. The SMILES string of the molecule is C=CC(=O)C[C@H]1COC[C@H]1Nc1ncc2cc(-c3cc(OC)cc(OC)c3)nc(NCCN3CCN(C)CC3)c2n1. The predicted molar refractivity (Wildman–Crippen MR) is 160 cm³/mol. The fourth-order valence-electron chi connectivity index (χ4n) is 5.21. The molecule has 0 aliphatic carbocycles. The summed E-state index contributed by atoms with van der Waals surface area (Å²) in [6, 6.07) is 7.62. The van der Waals surface area contributed by atoms with E-state index in [2.05, 4.69) is 39.0 Å². The van der Waals surface area contributed by atoms with E-state index in [0.29, 0.717) is 42.9 Å². The van der Waals surface area contributed by atoms with E-state index in [0.717, 1.165) is 61.4 Å². The van der Waals surface area contributed by atoms with Gasteiger partial charge in [-0.15, -0.1) is 0 Å². The van der Waals surface area contributed by atoms with Crippen LogP contribution in [-0.4, -0.2) is 110 Å². The molecule has 0 saturated carbocycles. The topological polar surface area (TPSA) is 114 Å². The van der Waals surface area contributed by atoms with Crippen LogP contribution in [0.25, 0.3) is 22.2 Å². The molecule has 2 aliphatic rings. The molecule has 0 unspecified atom stereocenters. The molecule has 41 heavy (non-hydrogen) atoms. The number of nitrogens with one attached hydrogen (secondary N) is 2. The number of anilines is 2. The number of allylic oxidation sites excluding steroid dienone is 1. The Morgan fingerprint density at radius 3 is 2.56 bits per heavy atom. The fraction of sp³-hybridized carbons (Fsp3) is 0.467. The van der Waals surface area contributed by atoms with Gasteiger partial charge in [-0.05, 0) is 31.3 Å². The highest BCUT2D eigenvalue weighted by atomic mass is 16.5. The number of carbonyl (C=O) groups is 1. The minimum Gasteiger partial charge on any atom is -0.497 e. The van der Waals surface area contributed by atoms with E-state index in [1.165, 1.54) is 6.08 Å². The summed E-state index contributed by atoms with van der Waals surface area (Å²) >= 11 is 0. The van der Waals surface area contributed by atoms with Crippen molar-refractivity contribution in [2.45, 2.75) is 12.5 Å². The summed E-state index contributed by atoms with van der Waals surface area (Å²) in [5.41, 5.74) is 2.34. The number of piperazine rings is 1. The van der Waals surface area contributed by atoms with Gasteiger partial charge >= 0.3 is 0 Å². The van der Waals surface area contributed by atoms with Gasteiger partial charge in [0.05, 0.1) is 39.2 Å². The first-order chi connectivity index (χ1) is 19.9. The summed E-state index contributed by atoms with van der Waals surface area (Å²) in [5, 5.41) is 7.79. The molecule has 0 bridgehead atoms. The average Bonchev–Trinajstić information content (AvgIpc) is 3.43. The van der Waals surface area contributed by atoms with Crippen molar-refractivity contribution >= 4 is 28.5 Å². The molecule has 11 nitrogen and oxygen atoms in total. The summed E-state index contributed by atoms with van der Waals surface area (Å²) in [5.74, 6) is 2.56. The quantitative estimate of drug-likeness (QED) is 0.318. The zero-order chi connectivity index (χ0) is 28.8. The minimum absolute atomic E-state index is 0.00414. The molecule has 2 atom stereocenters. The Kier molecular flexibility index (Phi) is 9.28. The van der Waals surface area contributed by atoms with Gasteiger partial charge in [-0.1, -0.05) is 6.58 Å². The summed E-state index contributed by atoms with van der Waals surface area (Å²) in [6.07, 6.45) is 3.55. The van der Waals surface area contributed by atoms with Crippen molar-refractivity contribution in [2.75, 3.05) is 84.4 Å². The van der Waals surface area contributed by atoms with Crippen molar-refractivity contribution in [3.8, 4) is 22.8 Å². The van der Waals surface area contributed by atoms with Crippen LogP contribution in [0.1, 0.15) is 6.42 Å². The Morgan fingerprint density at radius 1 is 1.10 bits per heavy atom. The third-order valence-corrected chi connectivity index (χ3v) is 7.73. The third kappa shape index (κ3) is 7.10. The molecule has 0 spiro atoms. The zero-order valence-corrected chi connectivity index (χ0v) is 24.1. The zero-order valence-electron chi connectivity index (χ0n) is 24.1. The van der Waals surface area contributed by atoms with Gasteiger partial charge in [-0.3, -0.25) is 9.69 Å². The largest absolute Gasteiger partial charge is 0.497 e. The highest BCUT2D eigenvalue weighted by Crippen LogP contribution is 2.32. The second kappa shape index (κ2) is 13.2. The molecule has 1 aromatic carbocycles. The maximum Gasteiger partial charge on any atom is 0.223 e. The molecule has 5 rings (SSSR count). The molecule has 2 N–H and O–H groups in total. The van der Waals surface area contributed by atoms with E-state index in [4.69, 9.17) is 24.2 Å². The summed E-state index contributed by atoms with van der Waals surface area (Å²) in [4.78, 5) is 31.3. The molecule has 2 aromatic heterocycles. The van der Waals surface area contributed by atoms with E-state index in [1.807, 2.05) is 24.3 Å². The van der Waals surface area contributed by atoms with Gasteiger partial charge in [0.15, 0.2) is 11.6 Å². The van der Waals surface area contributed by atoms with E-state index in [1.54, 1.807) is 20.4 Å². The van der Waals surface area contributed by atoms with Crippen molar-refractivity contribution in [2.24, 2.45) is 5.92 Å². The van der Waals surface area contributed by atoms with E-state index in [-0.39, 0.29) is 17.7 Å². The number of benzene rings is 1.